The molecule has 1 saturated heterocycles. The van der Waals surface area contributed by atoms with E-state index in [0.29, 0.717) is 5.69 Å². The van der Waals surface area contributed by atoms with Gasteiger partial charge in [-0.05, 0) is 32.0 Å². The van der Waals surface area contributed by atoms with Gasteiger partial charge in [0, 0.05) is 0 Å². The maximum atomic E-state index is 12.0. The van der Waals surface area contributed by atoms with Gasteiger partial charge in [0.25, 0.3) is 5.91 Å². The summed E-state index contributed by atoms with van der Waals surface area (Å²) in [5.41, 5.74) is -0.595. The van der Waals surface area contributed by atoms with E-state index in [1.165, 1.54) is 18.2 Å². The average molecular weight is 255 g/mol. The minimum Gasteiger partial charge on any atom is -0.506 e. The number of anilines is 1. The molecule has 6 heteroatoms. The van der Waals surface area contributed by atoms with Crippen LogP contribution in [0.4, 0.5) is 10.5 Å². The number of carbonyl (C=O) groups is 2. The number of phenols is 1. The molecule has 0 atom stereocenters. The third kappa shape index (κ3) is 1.82. The lowest BCUT2D eigenvalue weighted by Crippen LogP contribution is -2.40. The molecule has 17 heavy (non-hydrogen) atoms. The third-order valence-electron chi connectivity index (χ3n) is 2.55. The number of hydrogen-bond donors (Lipinski definition) is 2. The number of carbonyl (C=O) groups excluding carboxylic acids is 2. The summed E-state index contributed by atoms with van der Waals surface area (Å²) in [5, 5.41) is 11.9. The molecule has 1 aliphatic rings. The van der Waals surface area contributed by atoms with Crippen LogP contribution in [0.3, 0.4) is 0 Å². The van der Waals surface area contributed by atoms with E-state index in [1.807, 2.05) is 0 Å². The first-order valence-electron chi connectivity index (χ1n) is 4.98. The second kappa shape index (κ2) is 3.63. The van der Waals surface area contributed by atoms with Gasteiger partial charge in [-0.15, -0.1) is 0 Å². The molecule has 1 aliphatic heterocycles. The number of benzene rings is 1. The predicted molar refractivity (Wildman–Crippen MR) is 63.2 cm³/mol. The number of nitrogens with one attached hydrogen (secondary N) is 1. The molecule has 0 unspecified atom stereocenters. The first-order valence-corrected chi connectivity index (χ1v) is 5.36. The Morgan fingerprint density at radius 2 is 2.00 bits per heavy atom. The van der Waals surface area contributed by atoms with Crippen molar-refractivity contribution in [3.8, 4) is 5.75 Å². The molecule has 0 saturated carbocycles. The predicted octanol–water partition coefficient (Wildman–Crippen LogP) is 1.88. The number of rotatable bonds is 1. The van der Waals surface area contributed by atoms with E-state index in [1.54, 1.807) is 13.8 Å². The van der Waals surface area contributed by atoms with Crippen LogP contribution in [0, 0.1) is 0 Å². The van der Waals surface area contributed by atoms with E-state index in [0.717, 1.165) is 4.90 Å². The van der Waals surface area contributed by atoms with E-state index < -0.39 is 11.6 Å². The summed E-state index contributed by atoms with van der Waals surface area (Å²) in [6, 6.07) is 3.67. The van der Waals surface area contributed by atoms with Crippen LogP contribution in [-0.2, 0) is 4.79 Å². The maximum Gasteiger partial charge on any atom is 0.329 e. The van der Waals surface area contributed by atoms with Gasteiger partial charge in [-0.1, -0.05) is 11.6 Å². The molecule has 1 aromatic carbocycles. The Balaban J connectivity index is 2.44. The Bertz CT molecular complexity index is 513. The number of hydrogen-bond acceptors (Lipinski definition) is 3. The number of amides is 3. The van der Waals surface area contributed by atoms with Crippen LogP contribution in [0.2, 0.25) is 5.02 Å². The molecule has 3 amide bonds. The van der Waals surface area contributed by atoms with Crippen molar-refractivity contribution in [1.82, 2.24) is 5.32 Å². The van der Waals surface area contributed by atoms with E-state index in [-0.39, 0.29) is 16.7 Å². The van der Waals surface area contributed by atoms with E-state index in [2.05, 4.69) is 5.32 Å². The minimum atomic E-state index is -0.929. The molecular formula is C11H11ClN2O3. The summed E-state index contributed by atoms with van der Waals surface area (Å²) in [6.45, 7) is 3.24. The van der Waals surface area contributed by atoms with Crippen LogP contribution in [-0.4, -0.2) is 22.6 Å². The van der Waals surface area contributed by atoms with Crippen molar-refractivity contribution in [2.75, 3.05) is 4.90 Å². The maximum absolute atomic E-state index is 12.0. The molecule has 2 N–H and O–H groups in total. The molecule has 0 radical (unpaired) electrons. The number of aromatic hydroxyl groups is 1. The fraction of sp³-hybridized carbons (Fsp3) is 0.273. The number of urea groups is 1. The van der Waals surface area contributed by atoms with Gasteiger partial charge in [0.05, 0.1) is 10.7 Å². The fourth-order valence-corrected chi connectivity index (χ4v) is 1.79. The highest BCUT2D eigenvalue weighted by Gasteiger charge is 2.45. The van der Waals surface area contributed by atoms with E-state index in [9.17, 15) is 14.7 Å². The van der Waals surface area contributed by atoms with Gasteiger partial charge in [-0.3, -0.25) is 4.79 Å². The van der Waals surface area contributed by atoms with Crippen molar-refractivity contribution in [1.29, 1.82) is 0 Å². The van der Waals surface area contributed by atoms with Crippen molar-refractivity contribution < 1.29 is 14.7 Å². The zero-order valence-electron chi connectivity index (χ0n) is 9.32. The van der Waals surface area contributed by atoms with Crippen LogP contribution >= 0.6 is 11.6 Å². The van der Waals surface area contributed by atoms with Crippen LogP contribution in [0.5, 0.6) is 5.75 Å². The van der Waals surface area contributed by atoms with Crippen LogP contribution in [0.1, 0.15) is 13.8 Å². The molecule has 1 aromatic rings. The van der Waals surface area contributed by atoms with Gasteiger partial charge < -0.3 is 10.4 Å². The summed E-state index contributed by atoms with van der Waals surface area (Å²) < 4.78 is 0. The molecule has 1 fully saturated rings. The van der Waals surface area contributed by atoms with Crippen molar-refractivity contribution in [2.24, 2.45) is 0 Å². The van der Waals surface area contributed by atoms with Gasteiger partial charge in [-0.2, -0.15) is 0 Å². The summed E-state index contributed by atoms with van der Waals surface area (Å²) in [5.74, 6) is -0.453. The largest absolute Gasteiger partial charge is 0.506 e. The molecule has 0 aliphatic carbocycles. The molecule has 0 bridgehead atoms. The first kappa shape index (κ1) is 11.7. The number of phenolic OH excluding ortho intramolecular Hbond substituents is 1. The number of imide groups is 1. The zero-order valence-corrected chi connectivity index (χ0v) is 10.1. The van der Waals surface area contributed by atoms with Gasteiger partial charge in [-0.25, -0.2) is 9.69 Å². The van der Waals surface area contributed by atoms with Crippen LogP contribution in [0.25, 0.3) is 0 Å². The zero-order chi connectivity index (χ0) is 12.8. The normalized spacial score (nSPS) is 18.4. The second-order valence-corrected chi connectivity index (χ2v) is 4.74. The monoisotopic (exact) mass is 254 g/mol. The average Bonchev–Trinajstić information content (AvgIpc) is 2.42. The highest BCUT2D eigenvalue weighted by Crippen LogP contribution is 2.31. The highest BCUT2D eigenvalue weighted by atomic mass is 35.5. The quantitative estimate of drug-likeness (QED) is 0.752. The number of nitrogens with zero attached hydrogens (tertiary/aromatic N) is 1. The van der Waals surface area contributed by atoms with Crippen molar-refractivity contribution >= 4 is 29.2 Å². The van der Waals surface area contributed by atoms with Crippen LogP contribution < -0.4 is 10.2 Å². The summed E-state index contributed by atoms with van der Waals surface area (Å²) >= 11 is 5.74. The topological polar surface area (TPSA) is 69.6 Å². The first-order chi connectivity index (χ1) is 7.83. The standard InChI is InChI=1S/C11H11ClN2O3/c1-11(2)9(16)14(10(17)13-11)6-3-4-8(15)7(12)5-6/h3-5,15H,1-2H3,(H,13,17). The summed E-state index contributed by atoms with van der Waals surface area (Å²) in [6.07, 6.45) is 0. The van der Waals surface area contributed by atoms with Crippen molar-refractivity contribution in [3.05, 3.63) is 23.2 Å². The van der Waals surface area contributed by atoms with Gasteiger partial charge in [0.1, 0.15) is 11.3 Å². The Kier molecular flexibility index (Phi) is 2.50. The molecule has 90 valence electrons. The lowest BCUT2D eigenvalue weighted by Gasteiger charge is -2.16. The second-order valence-electron chi connectivity index (χ2n) is 4.33. The smallest absolute Gasteiger partial charge is 0.329 e. The van der Waals surface area contributed by atoms with Crippen LogP contribution in [0.15, 0.2) is 18.2 Å². The Hall–Kier alpha value is -1.75. The van der Waals surface area contributed by atoms with E-state index in [4.69, 9.17) is 11.6 Å². The molecule has 1 heterocycles. The van der Waals surface area contributed by atoms with Gasteiger partial charge in [0.2, 0.25) is 0 Å². The summed E-state index contributed by atoms with van der Waals surface area (Å²) in [7, 11) is 0. The van der Waals surface area contributed by atoms with Gasteiger partial charge in [0.15, 0.2) is 0 Å². The van der Waals surface area contributed by atoms with Crippen molar-refractivity contribution in [3.63, 3.8) is 0 Å². The number of halogens is 1. The third-order valence-corrected chi connectivity index (χ3v) is 2.85. The minimum absolute atomic E-state index is 0.0906. The molecule has 2 rings (SSSR count). The molecular weight excluding hydrogens is 244 g/mol. The van der Waals surface area contributed by atoms with Gasteiger partial charge >= 0.3 is 6.03 Å². The fourth-order valence-electron chi connectivity index (χ4n) is 1.62. The Morgan fingerprint density at radius 1 is 1.35 bits per heavy atom. The SMILES string of the molecule is CC1(C)NC(=O)N(c2ccc(O)c(Cl)c2)C1=O. The summed E-state index contributed by atoms with van der Waals surface area (Å²) in [4.78, 5) is 24.7. The van der Waals surface area contributed by atoms with E-state index >= 15 is 0 Å². The lowest BCUT2D eigenvalue weighted by atomic mass is 10.1. The Labute approximate surface area is 103 Å². The molecule has 0 aromatic heterocycles. The molecule has 0 spiro atoms. The highest BCUT2D eigenvalue weighted by molar-refractivity contribution is 6.32. The molecule has 5 nitrogen and oxygen atoms in total. The van der Waals surface area contributed by atoms with Crippen molar-refractivity contribution in [2.45, 2.75) is 19.4 Å². The Morgan fingerprint density at radius 3 is 2.47 bits per heavy atom. The lowest BCUT2D eigenvalue weighted by molar-refractivity contribution is -0.121.